The SMILES string of the molecule is c1ccc2nn(Cc3nc4cnc5ccccc5c4n3C3CCOCC3)cc2c1. The van der Waals surface area contributed by atoms with Crippen LogP contribution >= 0.6 is 0 Å². The highest BCUT2D eigenvalue weighted by molar-refractivity contribution is 6.02. The van der Waals surface area contributed by atoms with Crippen LogP contribution in [0.25, 0.3) is 32.8 Å². The molecule has 0 unspecified atom stereocenters. The Hall–Kier alpha value is -3.25. The molecule has 4 heterocycles. The zero-order chi connectivity index (χ0) is 19.2. The molecule has 0 atom stereocenters. The Morgan fingerprint density at radius 1 is 0.931 bits per heavy atom. The van der Waals surface area contributed by atoms with Crippen LogP contribution in [0.4, 0.5) is 0 Å². The lowest BCUT2D eigenvalue weighted by molar-refractivity contribution is 0.0698. The second-order valence-electron chi connectivity index (χ2n) is 7.64. The summed E-state index contributed by atoms with van der Waals surface area (Å²) in [6, 6.07) is 16.9. The normalized spacial score (nSPS) is 15.6. The second kappa shape index (κ2) is 6.67. The van der Waals surface area contributed by atoms with Crippen molar-refractivity contribution in [1.29, 1.82) is 0 Å². The van der Waals surface area contributed by atoms with Crippen molar-refractivity contribution >= 4 is 32.8 Å². The monoisotopic (exact) mass is 383 g/mol. The molecule has 0 amide bonds. The van der Waals surface area contributed by atoms with Gasteiger partial charge in [-0.05, 0) is 25.0 Å². The smallest absolute Gasteiger partial charge is 0.132 e. The highest BCUT2D eigenvalue weighted by atomic mass is 16.5. The van der Waals surface area contributed by atoms with Gasteiger partial charge in [0, 0.05) is 36.2 Å². The molecular weight excluding hydrogens is 362 g/mol. The predicted octanol–water partition coefficient (Wildman–Crippen LogP) is 4.33. The molecule has 144 valence electrons. The third kappa shape index (κ3) is 2.79. The van der Waals surface area contributed by atoms with Gasteiger partial charge in [0.2, 0.25) is 0 Å². The molecule has 6 nitrogen and oxygen atoms in total. The van der Waals surface area contributed by atoms with Crippen molar-refractivity contribution in [2.45, 2.75) is 25.4 Å². The molecule has 29 heavy (non-hydrogen) atoms. The Bertz CT molecular complexity index is 1300. The van der Waals surface area contributed by atoms with E-state index in [2.05, 4.69) is 40.0 Å². The van der Waals surface area contributed by atoms with Crippen LogP contribution in [0, 0.1) is 0 Å². The first-order valence-corrected chi connectivity index (χ1v) is 10.1. The Kier molecular flexibility index (Phi) is 3.84. The van der Waals surface area contributed by atoms with Crippen LogP contribution < -0.4 is 0 Å². The summed E-state index contributed by atoms with van der Waals surface area (Å²) in [5.41, 5.74) is 4.13. The van der Waals surface area contributed by atoms with E-state index in [1.807, 2.05) is 35.1 Å². The van der Waals surface area contributed by atoms with Crippen molar-refractivity contribution in [2.75, 3.05) is 13.2 Å². The lowest BCUT2D eigenvalue weighted by Gasteiger charge is -2.26. The fourth-order valence-corrected chi connectivity index (χ4v) is 4.46. The number of para-hydroxylation sites is 1. The molecule has 0 aliphatic carbocycles. The maximum absolute atomic E-state index is 5.63. The number of hydrogen-bond acceptors (Lipinski definition) is 4. The molecule has 6 heteroatoms. The summed E-state index contributed by atoms with van der Waals surface area (Å²) in [6.07, 6.45) is 5.99. The Labute approximate surface area is 167 Å². The predicted molar refractivity (Wildman–Crippen MR) is 113 cm³/mol. The minimum Gasteiger partial charge on any atom is -0.381 e. The van der Waals surface area contributed by atoms with Gasteiger partial charge in [-0.25, -0.2) is 4.98 Å². The standard InChI is InChI=1S/C23H21N5O/c1-3-7-19-16(5-1)14-27(26-19)15-22-25-21-13-24-20-8-4-2-6-18(20)23(21)28(22)17-9-11-29-12-10-17/h1-8,13-14,17H,9-12,15H2. The number of pyridine rings is 1. The summed E-state index contributed by atoms with van der Waals surface area (Å²) in [6.45, 7) is 2.21. The number of rotatable bonds is 3. The first-order valence-electron chi connectivity index (χ1n) is 10.1. The molecule has 1 fully saturated rings. The van der Waals surface area contributed by atoms with E-state index in [1.165, 1.54) is 5.52 Å². The first kappa shape index (κ1) is 16.7. The van der Waals surface area contributed by atoms with Crippen LogP contribution in [0.5, 0.6) is 0 Å². The fourth-order valence-electron chi connectivity index (χ4n) is 4.46. The first-order chi connectivity index (χ1) is 14.4. The van der Waals surface area contributed by atoms with Gasteiger partial charge in [-0.1, -0.05) is 36.4 Å². The number of benzene rings is 2. The van der Waals surface area contributed by atoms with Crippen molar-refractivity contribution in [2.24, 2.45) is 0 Å². The van der Waals surface area contributed by atoms with Crippen LogP contribution in [-0.4, -0.2) is 37.5 Å². The zero-order valence-electron chi connectivity index (χ0n) is 16.0. The number of nitrogens with zero attached hydrogens (tertiary/aromatic N) is 5. The largest absolute Gasteiger partial charge is 0.381 e. The topological polar surface area (TPSA) is 57.8 Å². The minimum absolute atomic E-state index is 0.375. The van der Waals surface area contributed by atoms with Crippen molar-refractivity contribution in [1.82, 2.24) is 24.3 Å². The van der Waals surface area contributed by atoms with Gasteiger partial charge >= 0.3 is 0 Å². The van der Waals surface area contributed by atoms with Gasteiger partial charge in [-0.3, -0.25) is 9.67 Å². The molecule has 6 rings (SSSR count). The average molecular weight is 383 g/mol. The van der Waals surface area contributed by atoms with Gasteiger partial charge in [-0.2, -0.15) is 5.10 Å². The van der Waals surface area contributed by atoms with Gasteiger partial charge in [0.15, 0.2) is 0 Å². The van der Waals surface area contributed by atoms with Crippen LogP contribution in [0.2, 0.25) is 0 Å². The lowest BCUT2D eigenvalue weighted by atomic mass is 10.1. The third-order valence-electron chi connectivity index (χ3n) is 5.82. The lowest BCUT2D eigenvalue weighted by Crippen LogP contribution is -2.22. The van der Waals surface area contributed by atoms with Gasteiger partial charge in [0.05, 0.1) is 29.3 Å². The summed E-state index contributed by atoms with van der Waals surface area (Å²) in [4.78, 5) is 9.63. The van der Waals surface area contributed by atoms with E-state index in [0.29, 0.717) is 12.6 Å². The van der Waals surface area contributed by atoms with Crippen LogP contribution in [-0.2, 0) is 11.3 Å². The highest BCUT2D eigenvalue weighted by Crippen LogP contribution is 2.32. The van der Waals surface area contributed by atoms with Gasteiger partial charge < -0.3 is 9.30 Å². The minimum atomic E-state index is 0.375. The van der Waals surface area contributed by atoms with E-state index in [4.69, 9.17) is 14.8 Å². The third-order valence-corrected chi connectivity index (χ3v) is 5.82. The summed E-state index contributed by atoms with van der Waals surface area (Å²) in [5.74, 6) is 1.03. The molecule has 0 saturated carbocycles. The molecule has 2 aromatic carbocycles. The maximum atomic E-state index is 5.63. The maximum Gasteiger partial charge on any atom is 0.132 e. The number of hydrogen-bond donors (Lipinski definition) is 0. The van der Waals surface area contributed by atoms with E-state index in [1.54, 1.807) is 0 Å². The molecule has 1 aliphatic rings. The molecule has 5 aromatic rings. The van der Waals surface area contributed by atoms with E-state index in [0.717, 1.165) is 59.2 Å². The summed E-state index contributed by atoms with van der Waals surface area (Å²) in [7, 11) is 0. The van der Waals surface area contributed by atoms with E-state index < -0.39 is 0 Å². The summed E-state index contributed by atoms with van der Waals surface area (Å²) in [5, 5.41) is 7.05. The molecule has 0 bridgehead atoms. The number of ether oxygens (including phenoxy) is 1. The average Bonchev–Trinajstić information content (AvgIpc) is 3.35. The second-order valence-corrected chi connectivity index (χ2v) is 7.64. The summed E-state index contributed by atoms with van der Waals surface area (Å²) < 4.78 is 10.1. The molecule has 1 saturated heterocycles. The number of aromatic nitrogens is 5. The Morgan fingerprint density at radius 3 is 2.59 bits per heavy atom. The Morgan fingerprint density at radius 2 is 1.72 bits per heavy atom. The van der Waals surface area contributed by atoms with E-state index in [-0.39, 0.29) is 0 Å². The van der Waals surface area contributed by atoms with Crippen molar-refractivity contribution in [3.05, 3.63) is 66.7 Å². The van der Waals surface area contributed by atoms with Crippen LogP contribution in [0.15, 0.2) is 60.9 Å². The molecular formula is C23H21N5O. The molecule has 0 radical (unpaired) electrons. The van der Waals surface area contributed by atoms with Gasteiger partial charge in [0.25, 0.3) is 0 Å². The number of fused-ring (bicyclic) bond motifs is 4. The van der Waals surface area contributed by atoms with Crippen molar-refractivity contribution in [3.8, 4) is 0 Å². The molecule has 1 aliphatic heterocycles. The van der Waals surface area contributed by atoms with Crippen molar-refractivity contribution < 1.29 is 4.74 Å². The molecule has 0 spiro atoms. The highest BCUT2D eigenvalue weighted by Gasteiger charge is 2.23. The fraction of sp³-hybridized carbons (Fsp3) is 0.261. The van der Waals surface area contributed by atoms with Crippen LogP contribution in [0.3, 0.4) is 0 Å². The van der Waals surface area contributed by atoms with Gasteiger partial charge in [0.1, 0.15) is 11.3 Å². The quantitative estimate of drug-likeness (QED) is 0.465. The van der Waals surface area contributed by atoms with Gasteiger partial charge in [-0.15, -0.1) is 0 Å². The number of imidazole rings is 1. The molecule has 0 N–H and O–H groups in total. The van der Waals surface area contributed by atoms with Crippen LogP contribution in [0.1, 0.15) is 24.7 Å². The Balaban J connectivity index is 1.55. The zero-order valence-corrected chi connectivity index (χ0v) is 16.0. The van der Waals surface area contributed by atoms with E-state index >= 15 is 0 Å². The summed E-state index contributed by atoms with van der Waals surface area (Å²) >= 11 is 0. The van der Waals surface area contributed by atoms with E-state index in [9.17, 15) is 0 Å². The van der Waals surface area contributed by atoms with Crippen molar-refractivity contribution in [3.63, 3.8) is 0 Å². The molecule has 3 aromatic heterocycles.